The molecule has 0 atom stereocenters. The smallest absolute Gasteiger partial charge is 0.343 e. The van der Waals surface area contributed by atoms with Crippen LogP contribution >= 0.6 is 11.8 Å². The van der Waals surface area contributed by atoms with E-state index in [2.05, 4.69) is 13.5 Å². The topological polar surface area (TPSA) is 61.8 Å². The van der Waals surface area contributed by atoms with E-state index in [1.54, 1.807) is 24.3 Å². The van der Waals surface area contributed by atoms with Gasteiger partial charge in [0, 0.05) is 11.0 Å². The summed E-state index contributed by atoms with van der Waals surface area (Å²) in [5, 5.41) is 0. The monoisotopic (exact) mass is 456 g/mol. The summed E-state index contributed by atoms with van der Waals surface area (Å²) in [6, 6.07) is 14.6. The lowest BCUT2D eigenvalue weighted by Crippen LogP contribution is -2.08. The van der Waals surface area contributed by atoms with E-state index in [1.165, 1.54) is 23.8 Å². The van der Waals surface area contributed by atoms with Gasteiger partial charge in [-0.3, -0.25) is 0 Å². The van der Waals surface area contributed by atoms with Crippen molar-refractivity contribution < 1.29 is 23.8 Å². The van der Waals surface area contributed by atoms with Gasteiger partial charge in [0.15, 0.2) is 0 Å². The van der Waals surface area contributed by atoms with Crippen LogP contribution in [-0.2, 0) is 9.53 Å². The quantitative estimate of drug-likeness (QED) is 0.101. The lowest BCUT2D eigenvalue weighted by molar-refractivity contribution is -0.137. The Kier molecular flexibility index (Phi) is 12.1. The van der Waals surface area contributed by atoms with Gasteiger partial charge in [-0.05, 0) is 86.4 Å². The first-order valence-corrected chi connectivity index (χ1v) is 12.1. The molecule has 0 aliphatic carbocycles. The Bertz CT molecular complexity index is 830. The number of hydrogen-bond donors (Lipinski definition) is 0. The summed E-state index contributed by atoms with van der Waals surface area (Å²) >= 11 is 1.81. The molecule has 0 aliphatic heterocycles. The zero-order valence-electron chi connectivity index (χ0n) is 18.7. The zero-order chi connectivity index (χ0) is 23.0. The summed E-state index contributed by atoms with van der Waals surface area (Å²) in [6.07, 6.45) is 7.25. The van der Waals surface area contributed by atoms with E-state index in [0.717, 1.165) is 37.2 Å². The molecule has 5 nitrogen and oxygen atoms in total. The number of rotatable bonds is 15. The molecule has 0 aromatic heterocycles. The van der Waals surface area contributed by atoms with Crippen molar-refractivity contribution in [3.8, 4) is 11.5 Å². The maximum Gasteiger partial charge on any atom is 0.343 e. The van der Waals surface area contributed by atoms with Crippen LogP contribution in [0.1, 0.15) is 55.8 Å². The summed E-state index contributed by atoms with van der Waals surface area (Å²) < 4.78 is 16.1. The molecule has 2 aromatic carbocycles. The van der Waals surface area contributed by atoms with Crippen molar-refractivity contribution in [3.63, 3.8) is 0 Å². The summed E-state index contributed by atoms with van der Waals surface area (Å²) in [6.45, 7) is 6.56. The van der Waals surface area contributed by atoms with Crippen LogP contribution in [0.4, 0.5) is 0 Å². The molecule has 0 unspecified atom stereocenters. The third-order valence-electron chi connectivity index (χ3n) is 4.61. The van der Waals surface area contributed by atoms with Gasteiger partial charge in [0.05, 0.1) is 18.8 Å². The predicted molar refractivity (Wildman–Crippen MR) is 129 cm³/mol. The summed E-state index contributed by atoms with van der Waals surface area (Å²) in [4.78, 5) is 24.5. The van der Waals surface area contributed by atoms with Gasteiger partial charge in [0.25, 0.3) is 0 Å². The second-order valence-corrected chi connectivity index (χ2v) is 8.39. The molecule has 0 N–H and O–H groups in total. The second-order valence-electron chi connectivity index (χ2n) is 7.22. The Labute approximate surface area is 195 Å². The normalized spacial score (nSPS) is 10.4. The summed E-state index contributed by atoms with van der Waals surface area (Å²) in [7, 11) is 0. The van der Waals surface area contributed by atoms with Crippen LogP contribution in [0.2, 0.25) is 0 Å². The largest absolute Gasteiger partial charge is 0.494 e. The number of esters is 2. The summed E-state index contributed by atoms with van der Waals surface area (Å²) in [5.41, 5.74) is 0.479. The Hall–Kier alpha value is -2.73. The van der Waals surface area contributed by atoms with E-state index in [1.807, 2.05) is 36.0 Å². The molecule has 2 rings (SSSR count). The second kappa shape index (κ2) is 15.1. The average Bonchev–Trinajstić information content (AvgIpc) is 2.82. The van der Waals surface area contributed by atoms with Crippen molar-refractivity contribution in [2.45, 2.75) is 50.3 Å². The number of ether oxygens (including phenoxy) is 3. The molecule has 2 aromatic rings. The molecule has 0 amide bonds. The highest BCUT2D eigenvalue weighted by Gasteiger charge is 2.09. The highest BCUT2D eigenvalue weighted by atomic mass is 32.2. The standard InChI is InChI=1S/C26H32O5S/c1-3-5-20-32-24-16-14-23(15-17-24)31-26(28)21-10-12-22(13-11-21)29-18-8-6-7-9-19-30-25(27)4-2/h4,10-17H,2-3,5-9,18-20H2,1H3. The van der Waals surface area contributed by atoms with Gasteiger partial charge in [-0.2, -0.15) is 0 Å². The lowest BCUT2D eigenvalue weighted by atomic mass is 10.2. The fourth-order valence-electron chi connectivity index (χ4n) is 2.77. The molecule has 32 heavy (non-hydrogen) atoms. The SMILES string of the molecule is C=CC(=O)OCCCCCCOc1ccc(C(=O)Oc2ccc(SCCCC)cc2)cc1. The fraction of sp³-hybridized carbons (Fsp3) is 0.385. The fourth-order valence-corrected chi connectivity index (χ4v) is 3.77. The van der Waals surface area contributed by atoms with Crippen LogP contribution in [0.25, 0.3) is 0 Å². The molecule has 0 spiro atoms. The van der Waals surface area contributed by atoms with E-state index in [9.17, 15) is 9.59 Å². The van der Waals surface area contributed by atoms with Crippen LogP contribution in [0.3, 0.4) is 0 Å². The van der Waals surface area contributed by atoms with Gasteiger partial charge in [-0.15, -0.1) is 11.8 Å². The number of benzene rings is 2. The van der Waals surface area contributed by atoms with Crippen LogP contribution < -0.4 is 9.47 Å². The minimum atomic E-state index is -0.389. The zero-order valence-corrected chi connectivity index (χ0v) is 19.5. The van der Waals surface area contributed by atoms with Gasteiger partial charge in [0.2, 0.25) is 0 Å². The molecular weight excluding hydrogens is 424 g/mol. The molecule has 0 bridgehead atoms. The van der Waals surface area contributed by atoms with Crippen molar-refractivity contribution in [3.05, 3.63) is 66.7 Å². The van der Waals surface area contributed by atoms with Crippen molar-refractivity contribution in [2.75, 3.05) is 19.0 Å². The highest BCUT2D eigenvalue weighted by molar-refractivity contribution is 7.99. The predicted octanol–water partition coefficient (Wildman–Crippen LogP) is 6.47. The van der Waals surface area contributed by atoms with Crippen LogP contribution in [0.15, 0.2) is 66.1 Å². The Balaban J connectivity index is 1.65. The first-order chi connectivity index (χ1) is 15.6. The third kappa shape index (κ3) is 10.1. The van der Waals surface area contributed by atoms with E-state index >= 15 is 0 Å². The first-order valence-electron chi connectivity index (χ1n) is 11.1. The van der Waals surface area contributed by atoms with Crippen LogP contribution in [-0.4, -0.2) is 30.9 Å². The van der Waals surface area contributed by atoms with E-state index in [0.29, 0.717) is 24.5 Å². The van der Waals surface area contributed by atoms with Gasteiger partial charge in [-0.25, -0.2) is 9.59 Å². The molecule has 6 heteroatoms. The van der Waals surface area contributed by atoms with E-state index < -0.39 is 0 Å². The van der Waals surface area contributed by atoms with Gasteiger partial charge in [-0.1, -0.05) is 19.9 Å². The molecule has 0 heterocycles. The van der Waals surface area contributed by atoms with E-state index in [4.69, 9.17) is 14.2 Å². The maximum absolute atomic E-state index is 12.4. The number of unbranched alkanes of at least 4 members (excludes halogenated alkanes) is 4. The maximum atomic E-state index is 12.4. The van der Waals surface area contributed by atoms with Crippen molar-refractivity contribution in [2.24, 2.45) is 0 Å². The molecule has 0 aliphatic rings. The molecule has 0 fully saturated rings. The number of hydrogen-bond acceptors (Lipinski definition) is 6. The number of thioether (sulfide) groups is 1. The Morgan fingerprint density at radius 1 is 0.875 bits per heavy atom. The van der Waals surface area contributed by atoms with Crippen LogP contribution in [0.5, 0.6) is 11.5 Å². The molecule has 0 radical (unpaired) electrons. The highest BCUT2D eigenvalue weighted by Crippen LogP contribution is 2.23. The van der Waals surface area contributed by atoms with Crippen molar-refractivity contribution in [1.29, 1.82) is 0 Å². The minimum Gasteiger partial charge on any atom is -0.494 e. The molecule has 0 saturated heterocycles. The Morgan fingerprint density at radius 3 is 2.19 bits per heavy atom. The summed E-state index contributed by atoms with van der Waals surface area (Å²) in [5.74, 6) is 1.58. The molecular formula is C26H32O5S. The lowest BCUT2D eigenvalue weighted by Gasteiger charge is -2.08. The van der Waals surface area contributed by atoms with Crippen molar-refractivity contribution >= 4 is 23.7 Å². The first kappa shape index (κ1) is 25.5. The Morgan fingerprint density at radius 2 is 1.53 bits per heavy atom. The van der Waals surface area contributed by atoms with Crippen molar-refractivity contribution in [1.82, 2.24) is 0 Å². The van der Waals surface area contributed by atoms with Gasteiger partial charge >= 0.3 is 11.9 Å². The minimum absolute atomic E-state index is 0.379. The molecule has 172 valence electrons. The average molecular weight is 457 g/mol. The van der Waals surface area contributed by atoms with E-state index in [-0.39, 0.29) is 11.9 Å². The number of carbonyl (C=O) groups is 2. The molecule has 0 saturated carbocycles. The third-order valence-corrected chi connectivity index (χ3v) is 5.71. The number of carbonyl (C=O) groups excluding carboxylic acids is 2. The van der Waals surface area contributed by atoms with Gasteiger partial charge < -0.3 is 14.2 Å². The van der Waals surface area contributed by atoms with Crippen LogP contribution in [0, 0.1) is 0 Å². The van der Waals surface area contributed by atoms with Gasteiger partial charge in [0.1, 0.15) is 11.5 Å².